The van der Waals surface area contributed by atoms with Crippen LogP contribution in [0.4, 0.5) is 5.69 Å². The maximum atomic E-state index is 12.0. The Morgan fingerprint density at radius 3 is 2.41 bits per heavy atom. The van der Waals surface area contributed by atoms with Crippen LogP contribution in [0.2, 0.25) is 0 Å². The molecule has 2 N–H and O–H groups in total. The maximum absolute atomic E-state index is 12.0. The van der Waals surface area contributed by atoms with Gasteiger partial charge in [-0.05, 0) is 29.8 Å². The first-order valence-corrected chi connectivity index (χ1v) is 9.21. The van der Waals surface area contributed by atoms with Gasteiger partial charge in [0, 0.05) is 5.56 Å². The number of nitrogens with one attached hydrogen (secondary N) is 2. The summed E-state index contributed by atoms with van der Waals surface area (Å²) < 4.78 is 11.1. The van der Waals surface area contributed by atoms with E-state index in [0.29, 0.717) is 18.1 Å². The van der Waals surface area contributed by atoms with Crippen molar-refractivity contribution >= 4 is 17.8 Å². The number of hydrogen-bond donors (Lipinski definition) is 2. The van der Waals surface area contributed by atoms with Crippen LogP contribution < -0.4 is 20.2 Å². The molecule has 0 aliphatic heterocycles. The largest absolute Gasteiger partial charge is 0.495 e. The van der Waals surface area contributed by atoms with Crippen molar-refractivity contribution in [1.82, 2.24) is 5.43 Å². The lowest BCUT2D eigenvalue weighted by molar-refractivity contribution is -0.119. The third-order valence-corrected chi connectivity index (χ3v) is 4.10. The molecule has 3 aromatic rings. The minimum absolute atomic E-state index is 0.0733. The number of hydrazone groups is 1. The average molecular weight is 389 g/mol. The smallest absolute Gasteiger partial charge is 0.259 e. The summed E-state index contributed by atoms with van der Waals surface area (Å²) in [5.74, 6) is 1.10. The van der Waals surface area contributed by atoms with Crippen LogP contribution in [-0.4, -0.2) is 25.8 Å². The summed E-state index contributed by atoms with van der Waals surface area (Å²) in [6.07, 6.45) is 1.57. The predicted octanol–water partition coefficient (Wildman–Crippen LogP) is 3.84. The summed E-state index contributed by atoms with van der Waals surface area (Å²) in [6.45, 7) is 0.532. The SMILES string of the molecule is COc1ccccc1NCC(=O)NN=Cc1ccccc1OCc1ccccc1. The fourth-order valence-electron chi connectivity index (χ4n) is 2.63. The Bertz CT molecular complexity index is 958. The van der Waals surface area contributed by atoms with Gasteiger partial charge in [-0.15, -0.1) is 0 Å². The van der Waals surface area contributed by atoms with E-state index in [2.05, 4.69) is 15.8 Å². The number of para-hydroxylation sites is 3. The Balaban J connectivity index is 1.52. The number of methoxy groups -OCH3 is 1. The van der Waals surface area contributed by atoms with Gasteiger partial charge in [0.15, 0.2) is 0 Å². The molecule has 148 valence electrons. The second kappa shape index (κ2) is 10.5. The lowest BCUT2D eigenvalue weighted by Crippen LogP contribution is -2.26. The maximum Gasteiger partial charge on any atom is 0.259 e. The van der Waals surface area contributed by atoms with Gasteiger partial charge in [-0.25, -0.2) is 5.43 Å². The van der Waals surface area contributed by atoms with E-state index in [1.807, 2.05) is 78.9 Å². The van der Waals surface area contributed by atoms with Crippen molar-refractivity contribution < 1.29 is 14.3 Å². The van der Waals surface area contributed by atoms with Crippen LogP contribution in [0, 0.1) is 0 Å². The summed E-state index contributed by atoms with van der Waals surface area (Å²) in [5.41, 5.74) is 5.11. The fourth-order valence-corrected chi connectivity index (χ4v) is 2.63. The molecule has 0 spiro atoms. The molecule has 3 rings (SSSR count). The molecule has 1 amide bonds. The zero-order valence-corrected chi connectivity index (χ0v) is 16.2. The van der Waals surface area contributed by atoms with Gasteiger partial charge in [0.1, 0.15) is 18.1 Å². The van der Waals surface area contributed by atoms with Gasteiger partial charge in [-0.3, -0.25) is 4.79 Å². The minimum Gasteiger partial charge on any atom is -0.495 e. The van der Waals surface area contributed by atoms with Crippen molar-refractivity contribution in [2.45, 2.75) is 6.61 Å². The lowest BCUT2D eigenvalue weighted by atomic mass is 10.2. The van der Waals surface area contributed by atoms with Crippen LogP contribution in [0.5, 0.6) is 11.5 Å². The minimum atomic E-state index is -0.269. The monoisotopic (exact) mass is 389 g/mol. The summed E-state index contributed by atoms with van der Waals surface area (Å²) in [7, 11) is 1.59. The first-order valence-electron chi connectivity index (χ1n) is 9.21. The molecule has 6 heteroatoms. The number of amides is 1. The lowest BCUT2D eigenvalue weighted by Gasteiger charge is -2.10. The Hall–Kier alpha value is -3.80. The van der Waals surface area contributed by atoms with E-state index in [9.17, 15) is 4.79 Å². The van der Waals surface area contributed by atoms with Gasteiger partial charge in [0.05, 0.1) is 25.6 Å². The standard InChI is InChI=1S/C23H23N3O3/c1-28-22-14-8-6-12-20(22)24-16-23(27)26-25-15-19-11-5-7-13-21(19)29-17-18-9-3-2-4-10-18/h2-15,24H,16-17H2,1H3,(H,26,27). The van der Waals surface area contributed by atoms with Crippen LogP contribution in [0.3, 0.4) is 0 Å². The number of carbonyl (C=O) groups excluding carboxylic acids is 1. The normalized spacial score (nSPS) is 10.5. The van der Waals surface area contributed by atoms with Gasteiger partial charge < -0.3 is 14.8 Å². The van der Waals surface area contributed by atoms with Gasteiger partial charge >= 0.3 is 0 Å². The van der Waals surface area contributed by atoms with Crippen LogP contribution in [-0.2, 0) is 11.4 Å². The Labute approximate surface area is 170 Å². The average Bonchev–Trinajstić information content (AvgIpc) is 2.78. The zero-order chi connectivity index (χ0) is 20.3. The van der Waals surface area contributed by atoms with E-state index in [4.69, 9.17) is 9.47 Å². The summed E-state index contributed by atoms with van der Waals surface area (Å²) in [5, 5.41) is 7.06. The van der Waals surface area contributed by atoms with E-state index in [0.717, 1.165) is 16.8 Å². The second-order valence-electron chi connectivity index (χ2n) is 6.16. The zero-order valence-electron chi connectivity index (χ0n) is 16.2. The molecule has 0 saturated heterocycles. The van der Waals surface area contributed by atoms with Gasteiger partial charge in [-0.2, -0.15) is 5.10 Å². The molecule has 29 heavy (non-hydrogen) atoms. The van der Waals surface area contributed by atoms with Gasteiger partial charge in [0.25, 0.3) is 5.91 Å². The molecule has 0 bridgehead atoms. The van der Waals surface area contributed by atoms with Crippen LogP contribution >= 0.6 is 0 Å². The molecule has 0 radical (unpaired) electrons. The molecule has 0 heterocycles. The molecule has 0 unspecified atom stereocenters. The number of nitrogens with zero attached hydrogens (tertiary/aromatic N) is 1. The molecular formula is C23H23N3O3. The highest BCUT2D eigenvalue weighted by molar-refractivity contribution is 5.86. The van der Waals surface area contributed by atoms with Crippen LogP contribution in [0.1, 0.15) is 11.1 Å². The molecule has 3 aromatic carbocycles. The molecular weight excluding hydrogens is 366 g/mol. The second-order valence-corrected chi connectivity index (χ2v) is 6.16. The summed E-state index contributed by atoms with van der Waals surface area (Å²) in [6, 6.07) is 24.9. The number of hydrogen-bond acceptors (Lipinski definition) is 5. The molecule has 0 aliphatic carbocycles. The number of rotatable bonds is 9. The predicted molar refractivity (Wildman–Crippen MR) is 114 cm³/mol. The molecule has 0 fully saturated rings. The first-order chi connectivity index (χ1) is 14.3. The Morgan fingerprint density at radius 2 is 1.62 bits per heavy atom. The third-order valence-electron chi connectivity index (χ3n) is 4.10. The molecule has 0 saturated carbocycles. The quantitative estimate of drug-likeness (QED) is 0.431. The van der Waals surface area contributed by atoms with Crippen molar-refractivity contribution in [1.29, 1.82) is 0 Å². The number of carbonyl (C=O) groups is 1. The molecule has 0 aliphatic rings. The van der Waals surface area contributed by atoms with Gasteiger partial charge in [0.2, 0.25) is 0 Å². The van der Waals surface area contributed by atoms with Crippen LogP contribution in [0.15, 0.2) is 84.0 Å². The highest BCUT2D eigenvalue weighted by atomic mass is 16.5. The summed E-state index contributed by atoms with van der Waals surface area (Å²) >= 11 is 0. The molecule has 0 aromatic heterocycles. The van der Waals surface area contributed by atoms with Crippen LogP contribution in [0.25, 0.3) is 0 Å². The summed E-state index contributed by atoms with van der Waals surface area (Å²) in [4.78, 5) is 12.0. The van der Waals surface area contributed by atoms with E-state index in [1.165, 1.54) is 0 Å². The van der Waals surface area contributed by atoms with E-state index in [1.54, 1.807) is 13.3 Å². The number of benzene rings is 3. The van der Waals surface area contributed by atoms with E-state index < -0.39 is 0 Å². The van der Waals surface area contributed by atoms with Gasteiger partial charge in [-0.1, -0.05) is 54.6 Å². The highest BCUT2D eigenvalue weighted by Crippen LogP contribution is 2.22. The van der Waals surface area contributed by atoms with Crippen molar-refractivity contribution in [2.24, 2.45) is 5.10 Å². The number of anilines is 1. The van der Waals surface area contributed by atoms with Crippen molar-refractivity contribution in [3.63, 3.8) is 0 Å². The Kier molecular flexibility index (Phi) is 7.23. The van der Waals surface area contributed by atoms with Crippen molar-refractivity contribution in [2.75, 3.05) is 19.0 Å². The Morgan fingerprint density at radius 1 is 0.931 bits per heavy atom. The molecule has 0 atom stereocenters. The van der Waals surface area contributed by atoms with E-state index in [-0.39, 0.29) is 12.5 Å². The third kappa shape index (κ3) is 6.10. The fraction of sp³-hybridized carbons (Fsp3) is 0.130. The number of ether oxygens (including phenoxy) is 2. The van der Waals surface area contributed by atoms with Crippen molar-refractivity contribution in [3.8, 4) is 11.5 Å². The van der Waals surface area contributed by atoms with E-state index >= 15 is 0 Å². The molecule has 6 nitrogen and oxygen atoms in total. The van der Waals surface area contributed by atoms with Crippen molar-refractivity contribution in [3.05, 3.63) is 90.0 Å². The highest BCUT2D eigenvalue weighted by Gasteiger charge is 2.05. The topological polar surface area (TPSA) is 72.0 Å². The first kappa shape index (κ1) is 19.9.